The van der Waals surface area contributed by atoms with Crippen molar-refractivity contribution in [3.05, 3.63) is 18.0 Å². The van der Waals surface area contributed by atoms with Gasteiger partial charge in [-0.1, -0.05) is 13.8 Å². The van der Waals surface area contributed by atoms with Crippen molar-refractivity contribution in [2.45, 2.75) is 58.8 Å². The molecule has 1 saturated carbocycles. The van der Waals surface area contributed by atoms with Crippen LogP contribution in [0, 0.1) is 11.3 Å². The van der Waals surface area contributed by atoms with Crippen LogP contribution in [0.15, 0.2) is 12.3 Å². The predicted octanol–water partition coefficient (Wildman–Crippen LogP) is 2.82. The van der Waals surface area contributed by atoms with E-state index in [1.807, 2.05) is 20.0 Å². The maximum atomic E-state index is 12.3. The van der Waals surface area contributed by atoms with E-state index in [9.17, 15) is 4.79 Å². The average Bonchev–Trinajstić information content (AvgIpc) is 2.94. The Hall–Kier alpha value is -1.36. The lowest BCUT2D eigenvalue weighted by Crippen LogP contribution is -2.65. The minimum atomic E-state index is -0.323. The largest absolute Gasteiger partial charge is 0.457 e. The van der Waals surface area contributed by atoms with Gasteiger partial charge in [-0.15, -0.1) is 0 Å². The van der Waals surface area contributed by atoms with Crippen LogP contribution in [0.5, 0.6) is 0 Å². The molecule has 1 aliphatic carbocycles. The summed E-state index contributed by atoms with van der Waals surface area (Å²) in [6, 6.07) is 1.96. The van der Waals surface area contributed by atoms with Crippen molar-refractivity contribution in [3.8, 4) is 0 Å². The third kappa shape index (κ3) is 2.37. The number of carbonyl (C=O) groups is 1. The van der Waals surface area contributed by atoms with Gasteiger partial charge in [0.05, 0.1) is 6.10 Å². The number of hydrogen-bond donors (Lipinski definition) is 0. The molecule has 2 heterocycles. The number of aromatic nitrogens is 2. The van der Waals surface area contributed by atoms with Crippen LogP contribution >= 0.6 is 0 Å². The fraction of sp³-hybridized carbons (Fsp3) is 0.750. The van der Waals surface area contributed by atoms with Crippen LogP contribution in [0.1, 0.15) is 57.1 Å². The lowest BCUT2D eigenvalue weighted by molar-refractivity contribution is -0.243. The van der Waals surface area contributed by atoms with Crippen LogP contribution in [0.4, 0.5) is 0 Å². The standard InChI is InChI=1S/C16H24N2O3/c1-10(2)18-8-7-12(17-18)15(19)21-14-11-6-5-9-20-13(11)16(14,3)4/h7-8,10-11,13-14H,5-6,9H2,1-4H3/t11-,13-,14+/m0/s1. The number of hydrogen-bond acceptors (Lipinski definition) is 4. The molecule has 0 bridgehead atoms. The van der Waals surface area contributed by atoms with Crippen molar-refractivity contribution in [2.75, 3.05) is 6.61 Å². The van der Waals surface area contributed by atoms with Gasteiger partial charge in [0.15, 0.2) is 5.69 Å². The van der Waals surface area contributed by atoms with Gasteiger partial charge in [0, 0.05) is 30.2 Å². The monoisotopic (exact) mass is 292 g/mol. The Kier molecular flexibility index (Phi) is 3.56. The van der Waals surface area contributed by atoms with Crippen LogP contribution in [0.2, 0.25) is 0 Å². The van der Waals surface area contributed by atoms with Gasteiger partial charge in [0.2, 0.25) is 0 Å². The van der Waals surface area contributed by atoms with Gasteiger partial charge in [-0.3, -0.25) is 4.68 Å². The van der Waals surface area contributed by atoms with E-state index in [1.165, 1.54) is 0 Å². The van der Waals surface area contributed by atoms with Crippen LogP contribution < -0.4 is 0 Å². The summed E-state index contributed by atoms with van der Waals surface area (Å²) in [5, 5.41) is 4.28. The molecule has 1 aromatic heterocycles. The summed E-state index contributed by atoms with van der Waals surface area (Å²) in [5.74, 6) is 0.0152. The van der Waals surface area contributed by atoms with E-state index < -0.39 is 0 Å². The Morgan fingerprint density at radius 1 is 1.52 bits per heavy atom. The highest BCUT2D eigenvalue weighted by Crippen LogP contribution is 2.53. The van der Waals surface area contributed by atoms with E-state index in [0.717, 1.165) is 19.4 Å². The van der Waals surface area contributed by atoms with Gasteiger partial charge in [-0.2, -0.15) is 5.10 Å². The summed E-state index contributed by atoms with van der Waals surface area (Å²) < 4.78 is 13.4. The zero-order valence-corrected chi connectivity index (χ0v) is 13.2. The molecule has 0 unspecified atom stereocenters. The van der Waals surface area contributed by atoms with Crippen molar-refractivity contribution < 1.29 is 14.3 Å². The zero-order chi connectivity index (χ0) is 15.2. The van der Waals surface area contributed by atoms with E-state index in [0.29, 0.717) is 11.6 Å². The summed E-state index contributed by atoms with van der Waals surface area (Å²) >= 11 is 0. The van der Waals surface area contributed by atoms with Gasteiger partial charge in [0.25, 0.3) is 0 Å². The highest BCUT2D eigenvalue weighted by atomic mass is 16.6. The topological polar surface area (TPSA) is 53.4 Å². The Bertz CT molecular complexity index is 535. The summed E-state index contributed by atoms with van der Waals surface area (Å²) in [6.45, 7) is 9.11. The van der Waals surface area contributed by atoms with Crippen molar-refractivity contribution in [3.63, 3.8) is 0 Å². The number of esters is 1. The first-order valence-electron chi connectivity index (χ1n) is 7.79. The first kappa shape index (κ1) is 14.6. The second-order valence-electron chi connectivity index (χ2n) is 7.02. The van der Waals surface area contributed by atoms with Gasteiger partial charge in [-0.25, -0.2) is 4.79 Å². The molecule has 0 spiro atoms. The smallest absolute Gasteiger partial charge is 0.359 e. The molecule has 5 nitrogen and oxygen atoms in total. The Balaban J connectivity index is 1.69. The quantitative estimate of drug-likeness (QED) is 0.804. The Morgan fingerprint density at radius 2 is 2.29 bits per heavy atom. The molecule has 0 N–H and O–H groups in total. The third-order valence-electron chi connectivity index (χ3n) is 4.80. The average molecular weight is 292 g/mol. The van der Waals surface area contributed by atoms with E-state index >= 15 is 0 Å². The highest BCUT2D eigenvalue weighted by Gasteiger charge is 2.60. The molecule has 0 amide bonds. The van der Waals surface area contributed by atoms with Crippen LogP contribution in [-0.4, -0.2) is 34.6 Å². The molecule has 21 heavy (non-hydrogen) atoms. The second-order valence-corrected chi connectivity index (χ2v) is 7.02. The molecular weight excluding hydrogens is 268 g/mol. The summed E-state index contributed by atoms with van der Waals surface area (Å²) in [7, 11) is 0. The normalized spacial score (nSPS) is 30.6. The molecule has 1 aliphatic heterocycles. The van der Waals surface area contributed by atoms with E-state index in [4.69, 9.17) is 9.47 Å². The van der Waals surface area contributed by atoms with Gasteiger partial charge in [0.1, 0.15) is 6.10 Å². The lowest BCUT2D eigenvalue weighted by Gasteiger charge is -2.58. The third-order valence-corrected chi connectivity index (χ3v) is 4.80. The number of rotatable bonds is 3. The summed E-state index contributed by atoms with van der Waals surface area (Å²) in [4.78, 5) is 12.3. The van der Waals surface area contributed by atoms with Gasteiger partial charge < -0.3 is 9.47 Å². The van der Waals surface area contributed by atoms with Crippen molar-refractivity contribution in [1.29, 1.82) is 0 Å². The van der Waals surface area contributed by atoms with E-state index in [-0.39, 0.29) is 29.6 Å². The molecule has 116 valence electrons. The number of carbonyl (C=O) groups excluding carboxylic acids is 1. The lowest BCUT2D eigenvalue weighted by atomic mass is 9.57. The van der Waals surface area contributed by atoms with E-state index in [2.05, 4.69) is 18.9 Å². The van der Waals surface area contributed by atoms with Crippen molar-refractivity contribution in [1.82, 2.24) is 9.78 Å². The zero-order valence-electron chi connectivity index (χ0n) is 13.2. The molecule has 1 saturated heterocycles. The van der Waals surface area contributed by atoms with Crippen molar-refractivity contribution in [2.24, 2.45) is 11.3 Å². The van der Waals surface area contributed by atoms with Gasteiger partial charge >= 0.3 is 5.97 Å². The van der Waals surface area contributed by atoms with E-state index in [1.54, 1.807) is 10.7 Å². The number of fused-ring (bicyclic) bond motifs is 1. The minimum absolute atomic E-state index is 0.0699. The van der Waals surface area contributed by atoms with Crippen LogP contribution in [0.3, 0.4) is 0 Å². The minimum Gasteiger partial charge on any atom is -0.457 e. The molecule has 2 fully saturated rings. The highest BCUT2D eigenvalue weighted by molar-refractivity contribution is 5.87. The first-order valence-corrected chi connectivity index (χ1v) is 7.79. The molecule has 3 rings (SSSR count). The second kappa shape index (κ2) is 5.13. The van der Waals surface area contributed by atoms with Crippen LogP contribution in [0.25, 0.3) is 0 Å². The summed E-state index contributed by atoms with van der Waals surface area (Å²) in [5.41, 5.74) is 0.279. The maximum absolute atomic E-state index is 12.3. The molecule has 0 aromatic carbocycles. The molecule has 0 radical (unpaired) electrons. The summed E-state index contributed by atoms with van der Waals surface area (Å²) in [6.07, 6.45) is 4.09. The SMILES string of the molecule is CC(C)n1ccc(C(=O)O[C@@H]2[C@H]3CCCO[C@@H]3C2(C)C)n1. The van der Waals surface area contributed by atoms with Gasteiger partial charge in [-0.05, 0) is 32.8 Å². The Labute approximate surface area is 125 Å². The molecule has 5 heteroatoms. The predicted molar refractivity (Wildman–Crippen MR) is 78.1 cm³/mol. The maximum Gasteiger partial charge on any atom is 0.359 e. The molecule has 1 aromatic rings. The fourth-order valence-electron chi connectivity index (χ4n) is 3.63. The van der Waals surface area contributed by atoms with Crippen LogP contribution in [-0.2, 0) is 9.47 Å². The number of ether oxygens (including phenoxy) is 2. The molecular formula is C16H24N2O3. The fourth-order valence-corrected chi connectivity index (χ4v) is 3.63. The Morgan fingerprint density at radius 3 is 2.95 bits per heavy atom. The molecule has 2 aliphatic rings. The first-order chi connectivity index (χ1) is 9.91. The number of nitrogens with zero attached hydrogens (tertiary/aromatic N) is 2. The van der Waals surface area contributed by atoms with Crippen molar-refractivity contribution >= 4 is 5.97 Å². The molecule has 3 atom stereocenters.